The van der Waals surface area contributed by atoms with Gasteiger partial charge in [0.2, 0.25) is 0 Å². The molecule has 0 radical (unpaired) electrons. The molecular weight excluding hydrogens is 476 g/mol. The zero-order valence-corrected chi connectivity index (χ0v) is 21.5. The average molecular weight is 509 g/mol. The lowest BCUT2D eigenvalue weighted by atomic mass is 10.1. The van der Waals surface area contributed by atoms with E-state index in [0.29, 0.717) is 23.8 Å². The predicted octanol–water partition coefficient (Wildman–Crippen LogP) is 5.74. The van der Waals surface area contributed by atoms with Crippen LogP contribution in [0.15, 0.2) is 85.2 Å². The van der Waals surface area contributed by atoms with Crippen LogP contribution >= 0.6 is 0 Å². The molecule has 1 amide bonds. The smallest absolute Gasteiger partial charge is 0.338 e. The van der Waals surface area contributed by atoms with Gasteiger partial charge in [-0.3, -0.25) is 14.7 Å². The molecule has 4 aromatic rings. The van der Waals surface area contributed by atoms with E-state index >= 15 is 0 Å². The van der Waals surface area contributed by atoms with E-state index in [1.807, 2.05) is 37.5 Å². The molecule has 1 unspecified atom stereocenters. The van der Waals surface area contributed by atoms with Crippen molar-refractivity contribution >= 4 is 34.0 Å². The molecule has 1 aromatic heterocycles. The van der Waals surface area contributed by atoms with Crippen LogP contribution in [0.4, 0.5) is 11.4 Å². The molecule has 1 aliphatic heterocycles. The van der Waals surface area contributed by atoms with Gasteiger partial charge >= 0.3 is 5.97 Å². The van der Waals surface area contributed by atoms with Crippen molar-refractivity contribution in [1.82, 2.24) is 9.88 Å². The number of hydrogen-bond donors (Lipinski definition) is 2. The van der Waals surface area contributed by atoms with Gasteiger partial charge < -0.3 is 15.4 Å². The number of ether oxygens (including phenoxy) is 1. The highest BCUT2D eigenvalue weighted by Crippen LogP contribution is 2.25. The van der Waals surface area contributed by atoms with Crippen molar-refractivity contribution in [2.24, 2.45) is 0 Å². The Labute approximate surface area is 222 Å². The summed E-state index contributed by atoms with van der Waals surface area (Å²) in [6, 6.07) is 23.2. The van der Waals surface area contributed by atoms with Crippen molar-refractivity contribution in [2.45, 2.75) is 32.4 Å². The van der Waals surface area contributed by atoms with E-state index in [0.717, 1.165) is 54.8 Å². The molecule has 7 nitrogen and oxygen atoms in total. The second kappa shape index (κ2) is 11.9. The summed E-state index contributed by atoms with van der Waals surface area (Å²) >= 11 is 0. The zero-order valence-electron chi connectivity index (χ0n) is 21.5. The number of carbonyl (C=O) groups is 2. The second-order valence-corrected chi connectivity index (χ2v) is 9.64. The van der Waals surface area contributed by atoms with Gasteiger partial charge in [-0.25, -0.2) is 4.79 Å². The molecule has 1 aliphatic rings. The number of rotatable bonds is 9. The van der Waals surface area contributed by atoms with Crippen LogP contribution in [-0.4, -0.2) is 47.5 Å². The Morgan fingerprint density at radius 3 is 2.68 bits per heavy atom. The summed E-state index contributed by atoms with van der Waals surface area (Å²) in [5.74, 6) is -0.591. The number of nitrogens with zero attached hydrogens (tertiary/aromatic N) is 2. The first kappa shape index (κ1) is 25.4. The van der Waals surface area contributed by atoms with Gasteiger partial charge in [0, 0.05) is 65.8 Å². The minimum Gasteiger partial charge on any atom is -0.462 e. The standard InChI is InChI=1S/C31H32N4O3/c1-2-17-38-31(37)24-11-9-23(10-12-24)30(36)34-26-7-3-5-22(18-26)20-35-16-14-27(21-35)33-29-8-4-6-25-19-32-15-13-28(25)29/h3-13,15,18-19,27,33H,2,14,16-17,20-21H2,1H3,(H,34,36). The molecule has 5 rings (SSSR count). The zero-order chi connectivity index (χ0) is 26.3. The molecular formula is C31H32N4O3. The molecule has 1 atom stereocenters. The minimum absolute atomic E-state index is 0.216. The molecule has 3 aromatic carbocycles. The van der Waals surface area contributed by atoms with E-state index in [-0.39, 0.29) is 11.9 Å². The summed E-state index contributed by atoms with van der Waals surface area (Å²) < 4.78 is 5.14. The molecule has 7 heteroatoms. The van der Waals surface area contributed by atoms with Gasteiger partial charge in [0.15, 0.2) is 0 Å². The number of esters is 1. The third kappa shape index (κ3) is 6.18. The van der Waals surface area contributed by atoms with Gasteiger partial charge in [0.25, 0.3) is 5.91 Å². The van der Waals surface area contributed by atoms with Crippen LogP contribution in [0, 0.1) is 0 Å². The van der Waals surface area contributed by atoms with Gasteiger partial charge in [-0.1, -0.05) is 31.2 Å². The molecule has 1 fully saturated rings. The van der Waals surface area contributed by atoms with Crippen LogP contribution in [-0.2, 0) is 11.3 Å². The number of carbonyl (C=O) groups excluding carboxylic acids is 2. The van der Waals surface area contributed by atoms with Gasteiger partial charge in [0.1, 0.15) is 0 Å². The van der Waals surface area contributed by atoms with Crippen LogP contribution in [0.1, 0.15) is 46.0 Å². The normalized spacial score (nSPS) is 15.3. The van der Waals surface area contributed by atoms with E-state index in [1.54, 1.807) is 24.3 Å². The highest BCUT2D eigenvalue weighted by Gasteiger charge is 2.23. The highest BCUT2D eigenvalue weighted by molar-refractivity contribution is 6.04. The lowest BCUT2D eigenvalue weighted by Gasteiger charge is -2.19. The van der Waals surface area contributed by atoms with E-state index in [1.165, 1.54) is 5.39 Å². The van der Waals surface area contributed by atoms with E-state index in [2.05, 4.69) is 50.8 Å². The van der Waals surface area contributed by atoms with Gasteiger partial charge in [-0.2, -0.15) is 0 Å². The topological polar surface area (TPSA) is 83.6 Å². The number of nitrogens with one attached hydrogen (secondary N) is 2. The molecule has 0 bridgehead atoms. The highest BCUT2D eigenvalue weighted by atomic mass is 16.5. The lowest BCUT2D eigenvalue weighted by Crippen LogP contribution is -2.26. The molecule has 2 N–H and O–H groups in total. The minimum atomic E-state index is -0.375. The van der Waals surface area contributed by atoms with Gasteiger partial charge in [0.05, 0.1) is 12.2 Å². The van der Waals surface area contributed by atoms with Crippen molar-refractivity contribution in [3.05, 3.63) is 102 Å². The maximum absolute atomic E-state index is 12.8. The van der Waals surface area contributed by atoms with E-state index in [4.69, 9.17) is 4.74 Å². The van der Waals surface area contributed by atoms with E-state index in [9.17, 15) is 9.59 Å². The van der Waals surface area contributed by atoms with Crippen molar-refractivity contribution < 1.29 is 14.3 Å². The van der Waals surface area contributed by atoms with Crippen LogP contribution in [0.25, 0.3) is 10.8 Å². The largest absolute Gasteiger partial charge is 0.462 e. The predicted molar refractivity (Wildman–Crippen MR) is 150 cm³/mol. The molecule has 2 heterocycles. The van der Waals surface area contributed by atoms with Crippen LogP contribution in [0.5, 0.6) is 0 Å². The third-order valence-corrected chi connectivity index (χ3v) is 6.72. The fourth-order valence-corrected chi connectivity index (χ4v) is 4.81. The number of benzene rings is 3. The maximum atomic E-state index is 12.8. The quantitative estimate of drug-likeness (QED) is 0.281. The number of anilines is 2. The fourth-order valence-electron chi connectivity index (χ4n) is 4.81. The van der Waals surface area contributed by atoms with Crippen LogP contribution < -0.4 is 10.6 Å². The summed E-state index contributed by atoms with van der Waals surface area (Å²) in [4.78, 5) is 31.4. The third-order valence-electron chi connectivity index (χ3n) is 6.72. The first-order valence-corrected chi connectivity index (χ1v) is 13.1. The van der Waals surface area contributed by atoms with E-state index < -0.39 is 0 Å². The molecule has 0 spiro atoms. The second-order valence-electron chi connectivity index (χ2n) is 9.64. The average Bonchev–Trinajstić information content (AvgIpc) is 3.38. The molecule has 38 heavy (non-hydrogen) atoms. The Bertz CT molecular complexity index is 1420. The monoisotopic (exact) mass is 508 g/mol. The Balaban J connectivity index is 1.16. The fraction of sp³-hybridized carbons (Fsp3) is 0.258. The Morgan fingerprint density at radius 1 is 1.03 bits per heavy atom. The van der Waals surface area contributed by atoms with Crippen molar-refractivity contribution in [3.63, 3.8) is 0 Å². The first-order chi connectivity index (χ1) is 18.6. The summed E-state index contributed by atoms with van der Waals surface area (Å²) in [6.45, 7) is 5.10. The Hall–Kier alpha value is -4.23. The number of hydrogen-bond acceptors (Lipinski definition) is 6. The Kier molecular flexibility index (Phi) is 7.95. The first-order valence-electron chi connectivity index (χ1n) is 13.1. The van der Waals surface area contributed by atoms with Crippen molar-refractivity contribution in [2.75, 3.05) is 30.3 Å². The number of fused-ring (bicyclic) bond motifs is 1. The number of amides is 1. The number of aromatic nitrogens is 1. The lowest BCUT2D eigenvalue weighted by molar-refractivity contribution is 0.0505. The van der Waals surface area contributed by atoms with Crippen LogP contribution in [0.3, 0.4) is 0 Å². The van der Waals surface area contributed by atoms with Crippen molar-refractivity contribution in [1.29, 1.82) is 0 Å². The van der Waals surface area contributed by atoms with Gasteiger partial charge in [-0.05, 0) is 66.9 Å². The number of pyridine rings is 1. The molecule has 194 valence electrons. The summed E-state index contributed by atoms with van der Waals surface area (Å²) in [6.07, 6.45) is 5.57. The van der Waals surface area contributed by atoms with Crippen LogP contribution in [0.2, 0.25) is 0 Å². The SMILES string of the molecule is CCCOC(=O)c1ccc(C(=O)Nc2cccc(CN3CCC(Nc4cccc5cnccc45)C3)c2)cc1. The maximum Gasteiger partial charge on any atom is 0.338 e. The summed E-state index contributed by atoms with van der Waals surface area (Å²) in [7, 11) is 0. The molecule has 0 saturated carbocycles. The van der Waals surface area contributed by atoms with Gasteiger partial charge in [-0.15, -0.1) is 0 Å². The summed E-state index contributed by atoms with van der Waals surface area (Å²) in [5.41, 5.74) is 3.96. The molecule has 0 aliphatic carbocycles. The van der Waals surface area contributed by atoms with Crippen molar-refractivity contribution in [3.8, 4) is 0 Å². The Morgan fingerprint density at radius 2 is 1.84 bits per heavy atom. The number of likely N-dealkylation sites (tertiary alicyclic amines) is 1. The molecule has 1 saturated heterocycles. The summed E-state index contributed by atoms with van der Waals surface area (Å²) in [5, 5.41) is 9.02.